The highest BCUT2D eigenvalue weighted by molar-refractivity contribution is 7.90. The molecule has 180 valence electrons. The summed E-state index contributed by atoms with van der Waals surface area (Å²) < 4.78 is 78.6. The van der Waals surface area contributed by atoms with Crippen LogP contribution in [0.25, 0.3) is 0 Å². The normalized spacial score (nSPS) is 14.7. The topological polar surface area (TPSA) is 82.1 Å². The number of hydrogen-bond donors (Lipinski definition) is 0. The summed E-state index contributed by atoms with van der Waals surface area (Å²) in [7, 11) is -2.14. The van der Waals surface area contributed by atoms with Gasteiger partial charge in [-0.2, -0.15) is 13.2 Å². The first-order valence-corrected chi connectivity index (χ1v) is 11.9. The first-order chi connectivity index (χ1) is 15.4. The Balaban J connectivity index is 1.88. The number of halogens is 3. The Labute approximate surface area is 190 Å². The molecule has 0 spiro atoms. The summed E-state index contributed by atoms with van der Waals surface area (Å²) in [5, 5.41) is 0. The molecule has 1 amide bonds. The van der Waals surface area contributed by atoms with E-state index in [-0.39, 0.29) is 29.3 Å². The zero-order valence-electron chi connectivity index (χ0n) is 18.3. The number of fused-ring (bicyclic) bond motifs is 1. The first-order valence-electron chi connectivity index (χ1n) is 10.0. The standard InChI is InChI=1S/C22H24F3NO6S/c1-14(22(23,24)25)32-20-7-6-18(33(3,28)29)11-19(20)21(27)26-12-15-4-5-17(10-16(15)13-26)31-9-8-30-2/h4-7,10-11,14H,8-9,12-13H2,1-3H3/t14-/m0/s1. The molecular weight excluding hydrogens is 463 g/mol. The average Bonchev–Trinajstić information content (AvgIpc) is 3.15. The predicted octanol–water partition coefficient (Wildman–Crippen LogP) is 3.60. The molecule has 0 unspecified atom stereocenters. The molecule has 1 aliphatic heterocycles. The third-order valence-corrected chi connectivity index (χ3v) is 6.23. The lowest BCUT2D eigenvalue weighted by molar-refractivity contribution is -0.189. The minimum atomic E-state index is -4.65. The number of nitrogens with zero attached hydrogens (tertiary/aromatic N) is 1. The number of ether oxygens (including phenoxy) is 3. The minimum Gasteiger partial charge on any atom is -0.491 e. The first kappa shape index (κ1) is 24.8. The van der Waals surface area contributed by atoms with Gasteiger partial charge in [-0.1, -0.05) is 6.07 Å². The van der Waals surface area contributed by atoms with Crippen molar-refractivity contribution in [3.8, 4) is 11.5 Å². The number of alkyl halides is 3. The molecule has 1 aliphatic rings. The molecule has 2 aromatic rings. The van der Waals surface area contributed by atoms with Crippen LogP contribution in [0, 0.1) is 0 Å². The molecule has 0 radical (unpaired) electrons. The Morgan fingerprint density at radius 1 is 1.09 bits per heavy atom. The monoisotopic (exact) mass is 487 g/mol. The van der Waals surface area contributed by atoms with Crippen LogP contribution in [0.1, 0.15) is 28.4 Å². The van der Waals surface area contributed by atoms with Crippen molar-refractivity contribution >= 4 is 15.7 Å². The van der Waals surface area contributed by atoms with Crippen LogP contribution in [0.15, 0.2) is 41.3 Å². The molecule has 3 rings (SSSR count). The summed E-state index contributed by atoms with van der Waals surface area (Å²) in [6.07, 6.45) is -5.89. The van der Waals surface area contributed by atoms with Crippen molar-refractivity contribution < 1.29 is 40.6 Å². The Kier molecular flexibility index (Phi) is 7.23. The second kappa shape index (κ2) is 9.60. The van der Waals surface area contributed by atoms with Gasteiger partial charge in [0.25, 0.3) is 5.91 Å². The van der Waals surface area contributed by atoms with E-state index in [2.05, 4.69) is 0 Å². The molecule has 0 aliphatic carbocycles. The van der Waals surface area contributed by atoms with E-state index in [0.717, 1.165) is 42.5 Å². The van der Waals surface area contributed by atoms with Gasteiger partial charge in [-0.25, -0.2) is 8.42 Å². The number of rotatable bonds is 8. The number of methoxy groups -OCH3 is 1. The maximum atomic E-state index is 13.3. The number of sulfone groups is 1. The minimum absolute atomic E-state index is 0.188. The van der Waals surface area contributed by atoms with E-state index in [1.807, 2.05) is 0 Å². The van der Waals surface area contributed by atoms with Crippen molar-refractivity contribution in [3.05, 3.63) is 53.1 Å². The summed E-state index contributed by atoms with van der Waals surface area (Å²) in [5.41, 5.74) is 1.43. The van der Waals surface area contributed by atoms with E-state index in [9.17, 15) is 26.4 Å². The molecule has 0 fully saturated rings. The van der Waals surface area contributed by atoms with E-state index >= 15 is 0 Å². The van der Waals surface area contributed by atoms with Gasteiger partial charge in [-0.3, -0.25) is 4.79 Å². The second-order valence-corrected chi connectivity index (χ2v) is 9.68. The van der Waals surface area contributed by atoms with Crippen molar-refractivity contribution in [1.29, 1.82) is 0 Å². The van der Waals surface area contributed by atoms with Crippen LogP contribution in [0.4, 0.5) is 13.2 Å². The number of hydrogen-bond acceptors (Lipinski definition) is 6. The molecule has 0 N–H and O–H groups in total. The highest BCUT2D eigenvalue weighted by atomic mass is 32.2. The zero-order valence-corrected chi connectivity index (χ0v) is 19.1. The van der Waals surface area contributed by atoms with Crippen molar-refractivity contribution in [2.75, 3.05) is 26.6 Å². The fourth-order valence-electron chi connectivity index (χ4n) is 3.28. The van der Waals surface area contributed by atoms with E-state index in [4.69, 9.17) is 14.2 Å². The van der Waals surface area contributed by atoms with Crippen LogP contribution < -0.4 is 9.47 Å². The maximum absolute atomic E-state index is 13.3. The summed E-state index contributed by atoms with van der Waals surface area (Å²) >= 11 is 0. The lowest BCUT2D eigenvalue weighted by Crippen LogP contribution is -2.32. The molecular formula is C22H24F3NO6S. The molecule has 0 aromatic heterocycles. The Morgan fingerprint density at radius 3 is 2.42 bits per heavy atom. The van der Waals surface area contributed by atoms with E-state index in [1.165, 1.54) is 4.90 Å². The maximum Gasteiger partial charge on any atom is 0.425 e. The molecule has 1 atom stereocenters. The average molecular weight is 487 g/mol. The van der Waals surface area contributed by atoms with Crippen molar-refractivity contribution in [3.63, 3.8) is 0 Å². The summed E-state index contributed by atoms with van der Waals surface area (Å²) in [5.74, 6) is -0.373. The number of amides is 1. The number of benzene rings is 2. The number of carbonyl (C=O) groups is 1. The Bertz CT molecular complexity index is 1130. The third-order valence-electron chi connectivity index (χ3n) is 5.12. The van der Waals surface area contributed by atoms with Gasteiger partial charge >= 0.3 is 6.18 Å². The zero-order chi connectivity index (χ0) is 24.4. The lowest BCUT2D eigenvalue weighted by Gasteiger charge is -2.22. The SMILES string of the molecule is COCCOc1ccc2c(c1)CN(C(=O)c1cc(S(C)(=O)=O)ccc1O[C@@H](C)C(F)(F)F)C2. The summed E-state index contributed by atoms with van der Waals surface area (Å²) in [6.45, 7) is 1.98. The Morgan fingerprint density at radius 2 is 1.79 bits per heavy atom. The fraction of sp³-hybridized carbons (Fsp3) is 0.409. The third kappa shape index (κ3) is 5.97. The highest BCUT2D eigenvalue weighted by Gasteiger charge is 2.39. The molecule has 11 heteroatoms. The van der Waals surface area contributed by atoms with Crippen LogP contribution in [0.2, 0.25) is 0 Å². The molecule has 33 heavy (non-hydrogen) atoms. The lowest BCUT2D eigenvalue weighted by atomic mass is 10.1. The molecule has 0 bridgehead atoms. The van der Waals surface area contributed by atoms with E-state index < -0.39 is 28.0 Å². The quantitative estimate of drug-likeness (QED) is 0.530. The van der Waals surface area contributed by atoms with Crippen LogP contribution in [-0.2, 0) is 27.7 Å². The van der Waals surface area contributed by atoms with Crippen LogP contribution in [0.5, 0.6) is 11.5 Å². The van der Waals surface area contributed by atoms with Crippen LogP contribution in [0.3, 0.4) is 0 Å². The van der Waals surface area contributed by atoms with Gasteiger partial charge < -0.3 is 19.1 Å². The van der Waals surface area contributed by atoms with Crippen molar-refractivity contribution in [1.82, 2.24) is 4.90 Å². The molecule has 2 aromatic carbocycles. The van der Waals surface area contributed by atoms with Gasteiger partial charge in [0.1, 0.15) is 18.1 Å². The van der Waals surface area contributed by atoms with Gasteiger partial charge in [0.15, 0.2) is 15.9 Å². The fourth-order valence-corrected chi connectivity index (χ4v) is 3.93. The van der Waals surface area contributed by atoms with Crippen molar-refractivity contribution in [2.24, 2.45) is 0 Å². The van der Waals surface area contributed by atoms with E-state index in [1.54, 1.807) is 25.3 Å². The van der Waals surface area contributed by atoms with Crippen LogP contribution >= 0.6 is 0 Å². The number of carbonyl (C=O) groups excluding carboxylic acids is 1. The van der Waals surface area contributed by atoms with Gasteiger partial charge in [-0.15, -0.1) is 0 Å². The summed E-state index contributed by atoms with van der Waals surface area (Å²) in [4.78, 5) is 14.5. The molecule has 1 heterocycles. The predicted molar refractivity (Wildman–Crippen MR) is 113 cm³/mol. The summed E-state index contributed by atoms with van der Waals surface area (Å²) in [6, 6.07) is 8.60. The highest BCUT2D eigenvalue weighted by Crippen LogP contribution is 2.33. The molecule has 0 saturated carbocycles. The van der Waals surface area contributed by atoms with Crippen molar-refractivity contribution in [2.45, 2.75) is 37.2 Å². The van der Waals surface area contributed by atoms with Crippen LogP contribution in [-0.4, -0.2) is 58.1 Å². The smallest absolute Gasteiger partial charge is 0.425 e. The molecule has 0 saturated heterocycles. The largest absolute Gasteiger partial charge is 0.491 e. The van der Waals surface area contributed by atoms with Gasteiger partial charge in [-0.05, 0) is 48.4 Å². The van der Waals surface area contributed by atoms with Gasteiger partial charge in [0, 0.05) is 26.5 Å². The van der Waals surface area contributed by atoms with E-state index in [0.29, 0.717) is 19.0 Å². The molecule has 7 nitrogen and oxygen atoms in total. The van der Waals surface area contributed by atoms with Gasteiger partial charge in [0.2, 0.25) is 0 Å². The second-order valence-electron chi connectivity index (χ2n) is 7.66. The van der Waals surface area contributed by atoms with Gasteiger partial charge in [0.05, 0.1) is 17.1 Å². The Hall–Kier alpha value is -2.79.